The zero-order valence-corrected chi connectivity index (χ0v) is 14.6. The predicted molar refractivity (Wildman–Crippen MR) is 95.4 cm³/mol. The first-order valence-corrected chi connectivity index (χ1v) is 8.64. The number of hydrogen-bond donors (Lipinski definition) is 2. The van der Waals surface area contributed by atoms with Crippen LogP contribution in [0.15, 0.2) is 41.4 Å². The molecule has 0 bridgehead atoms. The quantitative estimate of drug-likeness (QED) is 0.790. The monoisotopic (exact) mass is 347 g/mol. The number of halogens is 1. The Balaban J connectivity index is 1.66. The van der Waals surface area contributed by atoms with Crippen molar-refractivity contribution in [1.29, 1.82) is 0 Å². The van der Waals surface area contributed by atoms with Crippen molar-refractivity contribution in [3.8, 4) is 11.3 Å². The molecule has 2 N–H and O–H groups in total. The van der Waals surface area contributed by atoms with Crippen molar-refractivity contribution >= 4 is 33.9 Å². The molecule has 120 valence electrons. The lowest BCUT2D eigenvalue weighted by molar-refractivity contribution is -0.117. The first kappa shape index (κ1) is 16.0. The van der Waals surface area contributed by atoms with E-state index in [9.17, 15) is 4.79 Å². The molecule has 0 aliphatic heterocycles. The summed E-state index contributed by atoms with van der Waals surface area (Å²) in [7, 11) is 0. The van der Waals surface area contributed by atoms with Crippen LogP contribution in [-0.4, -0.2) is 10.8 Å². The van der Waals surface area contributed by atoms with E-state index in [0.717, 1.165) is 28.5 Å². The molecule has 0 unspecified atom stereocenters. The van der Waals surface area contributed by atoms with Gasteiger partial charge in [-0.25, -0.2) is 4.98 Å². The smallest absolute Gasteiger partial charge is 0.202 e. The Bertz CT molecular complexity index is 749. The molecule has 23 heavy (non-hydrogen) atoms. The molecule has 2 aromatic rings. The van der Waals surface area contributed by atoms with Crippen molar-refractivity contribution in [2.75, 3.05) is 5.43 Å². The fraction of sp³-hybridized carbons (Fsp3) is 0.294. The highest BCUT2D eigenvalue weighted by molar-refractivity contribution is 7.14. The number of nitrogens with one attached hydrogen (secondary N) is 2. The second-order valence-electron chi connectivity index (χ2n) is 6.45. The van der Waals surface area contributed by atoms with Gasteiger partial charge in [0.2, 0.25) is 5.13 Å². The molecule has 3 rings (SSSR count). The van der Waals surface area contributed by atoms with E-state index in [4.69, 9.17) is 11.6 Å². The van der Waals surface area contributed by atoms with Crippen LogP contribution in [0.2, 0.25) is 5.02 Å². The van der Waals surface area contributed by atoms with Crippen LogP contribution in [0.5, 0.6) is 0 Å². The number of thiazole rings is 1. The molecule has 4 nitrogen and oxygen atoms in total. The fourth-order valence-electron chi connectivity index (χ4n) is 2.64. The molecular formula is C17H18ClN3OS. The topological polar surface area (TPSA) is 54.0 Å². The number of aromatic nitrogens is 1. The SMILES string of the molecule is CC1(C)CC(=O)C=C(NNc2nc(-c3ccc(Cl)cc3)cs2)C1. The molecule has 0 spiro atoms. The van der Waals surface area contributed by atoms with E-state index in [-0.39, 0.29) is 11.2 Å². The summed E-state index contributed by atoms with van der Waals surface area (Å²) < 4.78 is 0. The van der Waals surface area contributed by atoms with Gasteiger partial charge >= 0.3 is 0 Å². The molecule has 0 saturated carbocycles. The van der Waals surface area contributed by atoms with Crippen LogP contribution in [0.25, 0.3) is 11.3 Å². The van der Waals surface area contributed by atoms with Crippen molar-refractivity contribution in [2.45, 2.75) is 26.7 Å². The highest BCUT2D eigenvalue weighted by Gasteiger charge is 2.27. The van der Waals surface area contributed by atoms with E-state index < -0.39 is 0 Å². The number of benzene rings is 1. The van der Waals surface area contributed by atoms with Gasteiger partial charge in [0.15, 0.2) is 5.78 Å². The lowest BCUT2D eigenvalue weighted by Crippen LogP contribution is -2.30. The van der Waals surface area contributed by atoms with Crippen molar-refractivity contribution < 1.29 is 4.79 Å². The van der Waals surface area contributed by atoms with E-state index in [1.165, 1.54) is 11.3 Å². The number of nitrogens with zero attached hydrogens (tertiary/aromatic N) is 1. The van der Waals surface area contributed by atoms with Crippen molar-refractivity contribution in [3.63, 3.8) is 0 Å². The highest BCUT2D eigenvalue weighted by atomic mass is 35.5. The second-order valence-corrected chi connectivity index (χ2v) is 7.74. The minimum absolute atomic E-state index is 0.00675. The zero-order valence-electron chi connectivity index (χ0n) is 13.0. The van der Waals surface area contributed by atoms with E-state index in [0.29, 0.717) is 11.4 Å². The summed E-state index contributed by atoms with van der Waals surface area (Å²) in [5.41, 5.74) is 9.00. The number of carbonyl (C=O) groups is 1. The average Bonchev–Trinajstić information content (AvgIpc) is 2.93. The number of carbonyl (C=O) groups excluding carboxylic acids is 1. The summed E-state index contributed by atoms with van der Waals surface area (Å²) in [5, 5.41) is 3.45. The Kier molecular flexibility index (Phi) is 4.41. The molecular weight excluding hydrogens is 330 g/mol. The molecule has 6 heteroatoms. The number of hydrazine groups is 1. The number of ketones is 1. The van der Waals surface area contributed by atoms with Crippen LogP contribution in [0.1, 0.15) is 26.7 Å². The molecule has 0 amide bonds. The third-order valence-electron chi connectivity index (χ3n) is 3.63. The van der Waals surface area contributed by atoms with Crippen LogP contribution >= 0.6 is 22.9 Å². The van der Waals surface area contributed by atoms with Gasteiger partial charge in [0.05, 0.1) is 5.69 Å². The van der Waals surface area contributed by atoms with E-state index in [1.807, 2.05) is 29.6 Å². The van der Waals surface area contributed by atoms with Gasteiger partial charge in [0, 0.05) is 34.2 Å². The van der Waals surface area contributed by atoms with Gasteiger partial charge in [0.25, 0.3) is 0 Å². The number of allylic oxidation sites excluding steroid dienone is 2. The third kappa shape index (κ3) is 4.12. The summed E-state index contributed by atoms with van der Waals surface area (Å²) in [6.45, 7) is 4.20. The molecule has 1 aliphatic carbocycles. The standard InChI is InChI=1S/C17H18ClN3OS/c1-17(2)8-13(7-14(22)9-17)20-21-16-19-15(10-23-16)11-3-5-12(18)6-4-11/h3-7,10,20H,8-9H2,1-2H3,(H,19,21). The number of anilines is 1. The van der Waals surface area contributed by atoms with Gasteiger partial charge in [-0.15, -0.1) is 11.3 Å². The third-order valence-corrected chi connectivity index (χ3v) is 4.64. The first-order valence-electron chi connectivity index (χ1n) is 7.38. The van der Waals surface area contributed by atoms with Gasteiger partial charge in [-0.2, -0.15) is 0 Å². The lowest BCUT2D eigenvalue weighted by Gasteiger charge is -2.29. The maximum atomic E-state index is 11.7. The Hall–Kier alpha value is -1.85. The van der Waals surface area contributed by atoms with Crippen molar-refractivity contribution in [1.82, 2.24) is 10.4 Å². The van der Waals surface area contributed by atoms with Crippen LogP contribution < -0.4 is 10.9 Å². The van der Waals surface area contributed by atoms with Gasteiger partial charge in [-0.05, 0) is 24.0 Å². The number of hydrogen-bond acceptors (Lipinski definition) is 5. The predicted octanol–water partition coefficient (Wildman–Crippen LogP) is 4.65. The normalized spacial score (nSPS) is 16.8. The maximum absolute atomic E-state index is 11.7. The molecule has 1 heterocycles. The summed E-state index contributed by atoms with van der Waals surface area (Å²) in [6, 6.07) is 7.59. The summed E-state index contributed by atoms with van der Waals surface area (Å²) in [4.78, 5) is 16.3. The van der Waals surface area contributed by atoms with E-state index >= 15 is 0 Å². The Morgan fingerprint density at radius 3 is 2.61 bits per heavy atom. The van der Waals surface area contributed by atoms with Gasteiger partial charge in [0.1, 0.15) is 0 Å². The van der Waals surface area contributed by atoms with Gasteiger partial charge in [-0.3, -0.25) is 10.2 Å². The van der Waals surface area contributed by atoms with Crippen molar-refractivity contribution in [2.24, 2.45) is 5.41 Å². The van der Waals surface area contributed by atoms with Gasteiger partial charge < -0.3 is 5.43 Å². The average molecular weight is 348 g/mol. The minimum atomic E-state index is -0.00675. The summed E-state index contributed by atoms with van der Waals surface area (Å²) in [6.07, 6.45) is 3.10. The van der Waals surface area contributed by atoms with Crippen molar-refractivity contribution in [3.05, 3.63) is 46.4 Å². The van der Waals surface area contributed by atoms with Gasteiger partial charge in [-0.1, -0.05) is 37.6 Å². The van der Waals surface area contributed by atoms with Crippen LogP contribution in [0.3, 0.4) is 0 Å². The Morgan fingerprint density at radius 2 is 1.91 bits per heavy atom. The zero-order chi connectivity index (χ0) is 16.4. The van der Waals surface area contributed by atoms with Crippen LogP contribution in [-0.2, 0) is 4.79 Å². The molecule has 1 aromatic carbocycles. The Morgan fingerprint density at radius 1 is 1.17 bits per heavy atom. The molecule has 1 aromatic heterocycles. The molecule has 0 radical (unpaired) electrons. The molecule has 1 aliphatic rings. The first-order chi connectivity index (χ1) is 10.9. The number of rotatable bonds is 4. The molecule has 0 fully saturated rings. The second kappa shape index (κ2) is 6.34. The fourth-order valence-corrected chi connectivity index (χ4v) is 3.44. The van der Waals surface area contributed by atoms with Crippen LogP contribution in [0.4, 0.5) is 5.13 Å². The van der Waals surface area contributed by atoms with E-state index in [2.05, 4.69) is 29.7 Å². The highest BCUT2D eigenvalue weighted by Crippen LogP contribution is 2.32. The largest absolute Gasteiger partial charge is 0.303 e. The Labute approximate surface area is 144 Å². The lowest BCUT2D eigenvalue weighted by atomic mass is 9.79. The maximum Gasteiger partial charge on any atom is 0.202 e. The van der Waals surface area contributed by atoms with Crippen LogP contribution in [0, 0.1) is 5.41 Å². The minimum Gasteiger partial charge on any atom is -0.303 e. The summed E-state index contributed by atoms with van der Waals surface area (Å²) >= 11 is 7.41. The van der Waals surface area contributed by atoms with E-state index in [1.54, 1.807) is 6.08 Å². The summed E-state index contributed by atoms with van der Waals surface area (Å²) in [5.74, 6) is 0.159. The molecule has 0 saturated heterocycles. The molecule has 0 atom stereocenters.